The molecule has 0 saturated carbocycles. The van der Waals surface area contributed by atoms with Gasteiger partial charge in [0.15, 0.2) is 5.65 Å². The van der Waals surface area contributed by atoms with Gasteiger partial charge in [-0.15, -0.1) is 0 Å². The van der Waals surface area contributed by atoms with Crippen LogP contribution in [0.1, 0.15) is 10.5 Å². The number of aromatic nitrogens is 5. The van der Waals surface area contributed by atoms with E-state index in [0.29, 0.717) is 11.3 Å². The molecule has 134 valence electrons. The van der Waals surface area contributed by atoms with Crippen molar-refractivity contribution in [2.75, 3.05) is 6.54 Å². The average molecular weight is 360 g/mol. The van der Waals surface area contributed by atoms with Crippen molar-refractivity contribution in [3.8, 4) is 11.3 Å². The molecule has 1 amide bonds. The van der Waals surface area contributed by atoms with E-state index >= 15 is 0 Å². The number of nitrogens with one attached hydrogen (secondary N) is 2. The van der Waals surface area contributed by atoms with Crippen LogP contribution in [0.3, 0.4) is 0 Å². The molecule has 0 fully saturated rings. The molecule has 0 unspecified atom stereocenters. The predicted molar refractivity (Wildman–Crippen MR) is 100 cm³/mol. The number of rotatable bonds is 5. The third-order valence-corrected chi connectivity index (χ3v) is 4.08. The Bertz CT molecular complexity index is 1150. The first-order valence-corrected chi connectivity index (χ1v) is 8.42. The number of fused-ring (bicyclic) bond motifs is 1. The molecule has 8 nitrogen and oxygen atoms in total. The van der Waals surface area contributed by atoms with E-state index in [9.17, 15) is 9.59 Å². The zero-order valence-corrected chi connectivity index (χ0v) is 14.3. The summed E-state index contributed by atoms with van der Waals surface area (Å²) in [6.07, 6.45) is 1.64. The molecule has 0 spiro atoms. The number of pyridine rings is 1. The minimum atomic E-state index is -0.321. The highest BCUT2D eigenvalue weighted by Gasteiger charge is 2.09. The van der Waals surface area contributed by atoms with Gasteiger partial charge < -0.3 is 5.32 Å². The van der Waals surface area contributed by atoms with Gasteiger partial charge in [0.25, 0.3) is 11.5 Å². The lowest BCUT2D eigenvalue weighted by Crippen LogP contribution is -2.32. The summed E-state index contributed by atoms with van der Waals surface area (Å²) in [6.45, 7) is 0.518. The molecule has 4 rings (SSSR count). The summed E-state index contributed by atoms with van der Waals surface area (Å²) >= 11 is 0. The minimum absolute atomic E-state index is 0.221. The first kappa shape index (κ1) is 16.6. The van der Waals surface area contributed by atoms with E-state index in [1.54, 1.807) is 24.4 Å². The van der Waals surface area contributed by atoms with Gasteiger partial charge in [-0.05, 0) is 18.2 Å². The van der Waals surface area contributed by atoms with Crippen LogP contribution in [0.2, 0.25) is 0 Å². The van der Waals surface area contributed by atoms with E-state index in [1.807, 2.05) is 30.3 Å². The minimum Gasteiger partial charge on any atom is -0.349 e. The third kappa shape index (κ3) is 3.59. The van der Waals surface area contributed by atoms with Crippen molar-refractivity contribution < 1.29 is 4.79 Å². The maximum absolute atomic E-state index is 12.3. The molecule has 1 aromatic carbocycles. The van der Waals surface area contributed by atoms with Crippen molar-refractivity contribution >= 4 is 16.9 Å². The quantitative estimate of drug-likeness (QED) is 0.562. The molecule has 0 atom stereocenters. The predicted octanol–water partition coefficient (Wildman–Crippen LogP) is 1.61. The number of carbonyl (C=O) groups is 1. The standard InChI is InChI=1S/C19H16N6O2/c26-17-9-8-15(13-4-2-1-3-5-13)24-25(17)11-10-20-19(27)16-7-6-14-12-21-23-18(14)22-16/h1-9,12H,10-11H2,(H,20,27)(H,21,22,23). The maximum atomic E-state index is 12.3. The smallest absolute Gasteiger partial charge is 0.270 e. The number of H-pyrrole nitrogens is 1. The van der Waals surface area contributed by atoms with Crippen LogP contribution in [0, 0.1) is 0 Å². The highest BCUT2D eigenvalue weighted by molar-refractivity contribution is 5.94. The molecule has 0 saturated heterocycles. The number of hydrogen-bond acceptors (Lipinski definition) is 5. The van der Waals surface area contributed by atoms with Gasteiger partial charge in [-0.1, -0.05) is 30.3 Å². The van der Waals surface area contributed by atoms with Gasteiger partial charge >= 0.3 is 0 Å². The number of hydrogen-bond donors (Lipinski definition) is 2. The fourth-order valence-electron chi connectivity index (χ4n) is 2.69. The maximum Gasteiger partial charge on any atom is 0.270 e. The van der Waals surface area contributed by atoms with Gasteiger partial charge in [-0.25, -0.2) is 9.67 Å². The summed E-state index contributed by atoms with van der Waals surface area (Å²) in [5.74, 6) is -0.321. The van der Waals surface area contributed by atoms with Crippen molar-refractivity contribution in [2.45, 2.75) is 6.54 Å². The van der Waals surface area contributed by atoms with Crippen molar-refractivity contribution in [3.63, 3.8) is 0 Å². The molecule has 3 heterocycles. The largest absolute Gasteiger partial charge is 0.349 e. The number of amides is 1. The Hall–Kier alpha value is -3.81. The van der Waals surface area contributed by atoms with Crippen LogP contribution in [0.15, 0.2) is 65.6 Å². The number of nitrogens with zero attached hydrogens (tertiary/aromatic N) is 4. The molecule has 0 aliphatic carbocycles. The first-order valence-electron chi connectivity index (χ1n) is 8.42. The fraction of sp³-hybridized carbons (Fsp3) is 0.105. The zero-order chi connectivity index (χ0) is 18.6. The Morgan fingerprint density at radius 1 is 1.07 bits per heavy atom. The summed E-state index contributed by atoms with van der Waals surface area (Å²) in [5, 5.41) is 14.6. The van der Waals surface area contributed by atoms with E-state index in [4.69, 9.17) is 0 Å². The van der Waals surface area contributed by atoms with Crippen LogP contribution in [0.5, 0.6) is 0 Å². The molecule has 2 N–H and O–H groups in total. The van der Waals surface area contributed by atoms with Crippen molar-refractivity contribution in [2.24, 2.45) is 0 Å². The lowest BCUT2D eigenvalue weighted by atomic mass is 10.1. The van der Waals surface area contributed by atoms with Crippen molar-refractivity contribution in [1.29, 1.82) is 0 Å². The molecule has 4 aromatic rings. The molecule has 0 aliphatic rings. The highest BCUT2D eigenvalue weighted by atomic mass is 16.2. The second kappa shape index (κ2) is 7.20. The topological polar surface area (TPSA) is 106 Å². The van der Waals surface area contributed by atoms with Crippen molar-refractivity contribution in [3.05, 3.63) is 76.8 Å². The third-order valence-electron chi connectivity index (χ3n) is 4.08. The Morgan fingerprint density at radius 3 is 2.78 bits per heavy atom. The van der Waals surface area contributed by atoms with Crippen LogP contribution < -0.4 is 10.9 Å². The Labute approximate surface area is 153 Å². The van der Waals surface area contributed by atoms with Crippen LogP contribution in [-0.2, 0) is 6.54 Å². The Kier molecular flexibility index (Phi) is 4.44. The number of benzene rings is 1. The van der Waals surface area contributed by atoms with E-state index < -0.39 is 0 Å². The van der Waals surface area contributed by atoms with Gasteiger partial charge in [0.05, 0.1) is 18.4 Å². The lowest BCUT2D eigenvalue weighted by molar-refractivity contribution is 0.0947. The first-order chi connectivity index (χ1) is 13.2. The summed E-state index contributed by atoms with van der Waals surface area (Å²) in [4.78, 5) is 28.5. The Balaban J connectivity index is 1.44. The molecule has 8 heteroatoms. The molecule has 0 radical (unpaired) electrons. The average Bonchev–Trinajstić information content (AvgIpc) is 3.18. The highest BCUT2D eigenvalue weighted by Crippen LogP contribution is 2.13. The van der Waals surface area contributed by atoms with E-state index in [2.05, 4.69) is 25.6 Å². The van der Waals surface area contributed by atoms with Crippen LogP contribution in [0.4, 0.5) is 0 Å². The van der Waals surface area contributed by atoms with Gasteiger partial charge in [0.1, 0.15) is 5.69 Å². The van der Waals surface area contributed by atoms with Gasteiger partial charge in [-0.3, -0.25) is 14.7 Å². The van der Waals surface area contributed by atoms with Gasteiger partial charge in [0.2, 0.25) is 0 Å². The molecule has 0 aliphatic heterocycles. The zero-order valence-electron chi connectivity index (χ0n) is 14.3. The summed E-state index contributed by atoms with van der Waals surface area (Å²) in [6, 6.07) is 16.2. The SMILES string of the molecule is O=C(NCCn1nc(-c2ccccc2)ccc1=O)c1ccc2cn[nH]c2n1. The molecular weight excluding hydrogens is 344 g/mol. The molecule has 3 aromatic heterocycles. The monoisotopic (exact) mass is 360 g/mol. The second-order valence-corrected chi connectivity index (χ2v) is 5.91. The summed E-state index contributed by atoms with van der Waals surface area (Å²) < 4.78 is 1.34. The van der Waals surface area contributed by atoms with E-state index in [-0.39, 0.29) is 30.2 Å². The van der Waals surface area contributed by atoms with Crippen molar-refractivity contribution in [1.82, 2.24) is 30.3 Å². The van der Waals surface area contributed by atoms with Crippen LogP contribution in [-0.4, -0.2) is 37.4 Å². The van der Waals surface area contributed by atoms with Gasteiger partial charge in [-0.2, -0.15) is 10.2 Å². The number of carbonyl (C=O) groups excluding carboxylic acids is 1. The lowest BCUT2D eigenvalue weighted by Gasteiger charge is -2.08. The van der Waals surface area contributed by atoms with Crippen LogP contribution in [0.25, 0.3) is 22.3 Å². The molecule has 27 heavy (non-hydrogen) atoms. The summed E-state index contributed by atoms with van der Waals surface area (Å²) in [5.41, 5.74) is 2.24. The normalized spacial score (nSPS) is 10.8. The van der Waals surface area contributed by atoms with E-state index in [0.717, 1.165) is 10.9 Å². The molecular formula is C19H16N6O2. The second-order valence-electron chi connectivity index (χ2n) is 5.91. The number of aromatic amines is 1. The van der Waals surface area contributed by atoms with Crippen LogP contribution >= 0.6 is 0 Å². The Morgan fingerprint density at radius 2 is 1.93 bits per heavy atom. The van der Waals surface area contributed by atoms with E-state index in [1.165, 1.54) is 10.7 Å². The summed E-state index contributed by atoms with van der Waals surface area (Å²) in [7, 11) is 0. The molecule has 0 bridgehead atoms. The van der Waals surface area contributed by atoms with Gasteiger partial charge in [0, 0.05) is 23.6 Å². The fourth-order valence-corrected chi connectivity index (χ4v) is 2.69.